The van der Waals surface area contributed by atoms with Gasteiger partial charge >= 0.3 is 0 Å². The van der Waals surface area contributed by atoms with Gasteiger partial charge in [-0.15, -0.1) is 11.6 Å². The van der Waals surface area contributed by atoms with Gasteiger partial charge in [0.15, 0.2) is 5.78 Å². The molecule has 0 amide bonds. The highest BCUT2D eigenvalue weighted by Gasteiger charge is 2.11. The van der Waals surface area contributed by atoms with E-state index in [-0.39, 0.29) is 11.2 Å². The number of ketones is 1. The number of carbonyl (C=O) groups excluding carboxylic acids is 1. The lowest BCUT2D eigenvalue weighted by Gasteiger charge is -2.07. The summed E-state index contributed by atoms with van der Waals surface area (Å²) in [5.74, 6) is 0.104. The minimum Gasteiger partial charge on any atom is -0.330 e. The molecular formula is C12H16ClNO. The molecule has 15 heavy (non-hydrogen) atoms. The third-order valence-corrected chi connectivity index (χ3v) is 2.60. The molecule has 0 radical (unpaired) electrons. The number of hydrogen-bond acceptors (Lipinski definition) is 2. The van der Waals surface area contributed by atoms with Gasteiger partial charge in [-0.2, -0.15) is 0 Å². The fourth-order valence-corrected chi connectivity index (χ4v) is 1.68. The van der Waals surface area contributed by atoms with Crippen LogP contribution in [0.1, 0.15) is 29.6 Å². The van der Waals surface area contributed by atoms with E-state index in [1.54, 1.807) is 0 Å². The van der Waals surface area contributed by atoms with Crippen molar-refractivity contribution < 1.29 is 4.79 Å². The van der Waals surface area contributed by atoms with Gasteiger partial charge in [-0.05, 0) is 19.4 Å². The second kappa shape index (κ2) is 6.59. The van der Waals surface area contributed by atoms with Crippen LogP contribution in [0.15, 0.2) is 30.3 Å². The topological polar surface area (TPSA) is 43.1 Å². The van der Waals surface area contributed by atoms with E-state index in [4.69, 9.17) is 17.3 Å². The molecule has 1 aromatic rings. The fourth-order valence-electron chi connectivity index (χ4n) is 1.38. The first kappa shape index (κ1) is 12.2. The number of halogens is 1. The molecule has 0 aliphatic carbocycles. The molecule has 0 heterocycles. The van der Waals surface area contributed by atoms with Crippen molar-refractivity contribution in [3.63, 3.8) is 0 Å². The van der Waals surface area contributed by atoms with Crippen molar-refractivity contribution in [2.45, 2.75) is 24.6 Å². The molecule has 82 valence electrons. The van der Waals surface area contributed by atoms with E-state index in [0.717, 1.165) is 18.4 Å². The number of benzene rings is 1. The predicted octanol–water partition coefficient (Wildman–Crippen LogP) is 2.61. The van der Waals surface area contributed by atoms with E-state index in [2.05, 4.69) is 0 Å². The van der Waals surface area contributed by atoms with Crippen LogP contribution in [-0.4, -0.2) is 17.7 Å². The van der Waals surface area contributed by atoms with Crippen LogP contribution in [0, 0.1) is 0 Å². The lowest BCUT2D eigenvalue weighted by atomic mass is 10.0. The average molecular weight is 226 g/mol. The molecule has 0 aromatic heterocycles. The maximum atomic E-state index is 11.7. The zero-order valence-corrected chi connectivity index (χ0v) is 9.41. The van der Waals surface area contributed by atoms with E-state index in [1.807, 2.05) is 30.3 Å². The molecule has 0 saturated carbocycles. The predicted molar refractivity (Wildman–Crippen MR) is 63.3 cm³/mol. The first-order chi connectivity index (χ1) is 7.24. The molecule has 0 aliphatic rings. The van der Waals surface area contributed by atoms with Gasteiger partial charge in [0.2, 0.25) is 0 Å². The van der Waals surface area contributed by atoms with E-state index >= 15 is 0 Å². The van der Waals surface area contributed by atoms with Crippen LogP contribution in [0.25, 0.3) is 0 Å². The summed E-state index contributed by atoms with van der Waals surface area (Å²) < 4.78 is 0. The Morgan fingerprint density at radius 3 is 2.60 bits per heavy atom. The van der Waals surface area contributed by atoms with Gasteiger partial charge < -0.3 is 5.73 Å². The standard InChI is InChI=1S/C12H16ClNO/c13-11(7-4-8-14)9-12(15)10-5-2-1-3-6-10/h1-3,5-6,11H,4,7-9,14H2. The van der Waals surface area contributed by atoms with Crippen LogP contribution >= 0.6 is 11.6 Å². The van der Waals surface area contributed by atoms with Crippen LogP contribution in [0.5, 0.6) is 0 Å². The van der Waals surface area contributed by atoms with Crippen molar-refractivity contribution >= 4 is 17.4 Å². The molecule has 2 N–H and O–H groups in total. The Morgan fingerprint density at radius 2 is 2.00 bits per heavy atom. The van der Waals surface area contributed by atoms with Crippen molar-refractivity contribution in [1.29, 1.82) is 0 Å². The fraction of sp³-hybridized carbons (Fsp3) is 0.417. The second-order valence-electron chi connectivity index (χ2n) is 3.52. The number of carbonyl (C=O) groups is 1. The zero-order chi connectivity index (χ0) is 11.1. The third kappa shape index (κ3) is 4.45. The summed E-state index contributed by atoms with van der Waals surface area (Å²) in [6.07, 6.45) is 2.07. The number of Topliss-reactive ketones (excluding diaryl/α,β-unsaturated/α-hetero) is 1. The van der Waals surface area contributed by atoms with Crippen molar-refractivity contribution in [3.05, 3.63) is 35.9 Å². The Labute approximate surface area is 95.4 Å². The number of hydrogen-bond donors (Lipinski definition) is 1. The molecule has 2 nitrogen and oxygen atoms in total. The number of alkyl halides is 1. The Bertz CT molecular complexity index is 300. The molecule has 0 saturated heterocycles. The summed E-state index contributed by atoms with van der Waals surface area (Å²) in [6.45, 7) is 0.628. The van der Waals surface area contributed by atoms with E-state index in [0.29, 0.717) is 13.0 Å². The van der Waals surface area contributed by atoms with Gasteiger partial charge in [0.05, 0.1) is 0 Å². The summed E-state index contributed by atoms with van der Waals surface area (Å²) >= 11 is 6.03. The summed E-state index contributed by atoms with van der Waals surface area (Å²) in [5, 5.41) is -0.0961. The van der Waals surface area contributed by atoms with Crippen LogP contribution in [-0.2, 0) is 0 Å². The highest BCUT2D eigenvalue weighted by atomic mass is 35.5. The van der Waals surface area contributed by atoms with Gasteiger partial charge in [0.25, 0.3) is 0 Å². The van der Waals surface area contributed by atoms with Crippen LogP contribution in [0.2, 0.25) is 0 Å². The molecule has 1 aromatic carbocycles. The van der Waals surface area contributed by atoms with Gasteiger partial charge in [-0.1, -0.05) is 30.3 Å². The van der Waals surface area contributed by atoms with Crippen LogP contribution in [0.3, 0.4) is 0 Å². The van der Waals surface area contributed by atoms with Crippen molar-refractivity contribution in [1.82, 2.24) is 0 Å². The SMILES string of the molecule is NCCCC(Cl)CC(=O)c1ccccc1. The second-order valence-corrected chi connectivity index (χ2v) is 4.14. The quantitative estimate of drug-likeness (QED) is 0.598. The molecular weight excluding hydrogens is 210 g/mol. The highest BCUT2D eigenvalue weighted by Crippen LogP contribution is 2.13. The van der Waals surface area contributed by atoms with Gasteiger partial charge in [0.1, 0.15) is 0 Å². The molecule has 0 aliphatic heterocycles. The summed E-state index contributed by atoms with van der Waals surface area (Å²) in [6, 6.07) is 9.24. The lowest BCUT2D eigenvalue weighted by Crippen LogP contribution is -2.10. The maximum Gasteiger partial charge on any atom is 0.164 e. The smallest absolute Gasteiger partial charge is 0.164 e. The largest absolute Gasteiger partial charge is 0.330 e. The number of nitrogens with two attached hydrogens (primary N) is 1. The summed E-state index contributed by atoms with van der Waals surface area (Å²) in [7, 11) is 0. The van der Waals surface area contributed by atoms with Crippen LogP contribution in [0.4, 0.5) is 0 Å². The Hall–Kier alpha value is -0.860. The Morgan fingerprint density at radius 1 is 1.33 bits per heavy atom. The normalized spacial score (nSPS) is 12.4. The zero-order valence-electron chi connectivity index (χ0n) is 8.66. The number of rotatable bonds is 6. The average Bonchev–Trinajstić information content (AvgIpc) is 2.27. The molecule has 0 fully saturated rings. The van der Waals surface area contributed by atoms with Gasteiger partial charge in [-0.25, -0.2) is 0 Å². The molecule has 0 spiro atoms. The van der Waals surface area contributed by atoms with Crippen molar-refractivity contribution in [3.8, 4) is 0 Å². The summed E-state index contributed by atoms with van der Waals surface area (Å²) in [4.78, 5) is 11.7. The highest BCUT2D eigenvalue weighted by molar-refractivity contribution is 6.22. The van der Waals surface area contributed by atoms with Gasteiger partial charge in [0, 0.05) is 17.4 Å². The van der Waals surface area contributed by atoms with E-state index in [9.17, 15) is 4.79 Å². The monoisotopic (exact) mass is 225 g/mol. The van der Waals surface area contributed by atoms with Crippen molar-refractivity contribution in [2.75, 3.05) is 6.54 Å². The van der Waals surface area contributed by atoms with Crippen molar-refractivity contribution in [2.24, 2.45) is 5.73 Å². The first-order valence-corrected chi connectivity index (χ1v) is 5.60. The van der Waals surface area contributed by atoms with E-state index < -0.39 is 0 Å². The van der Waals surface area contributed by atoms with E-state index in [1.165, 1.54) is 0 Å². The third-order valence-electron chi connectivity index (χ3n) is 2.22. The molecule has 1 unspecified atom stereocenters. The molecule has 0 bridgehead atoms. The molecule has 3 heteroatoms. The molecule has 1 atom stereocenters. The van der Waals surface area contributed by atoms with Crippen LogP contribution < -0.4 is 5.73 Å². The minimum atomic E-state index is -0.0961. The first-order valence-electron chi connectivity index (χ1n) is 5.16. The molecule has 1 rings (SSSR count). The Kier molecular flexibility index (Phi) is 5.37. The summed E-state index contributed by atoms with van der Waals surface area (Å²) in [5.41, 5.74) is 6.11. The minimum absolute atomic E-state index is 0.0961. The lowest BCUT2D eigenvalue weighted by molar-refractivity contribution is 0.0980. The van der Waals surface area contributed by atoms with Gasteiger partial charge in [-0.3, -0.25) is 4.79 Å². The maximum absolute atomic E-state index is 11.7. The Balaban J connectivity index is 2.42.